The largest absolute Gasteiger partial charge is 0.496 e. The average Bonchev–Trinajstić information content (AvgIpc) is 2.48. The van der Waals surface area contributed by atoms with Gasteiger partial charge in [-0.15, -0.1) is 0 Å². The highest BCUT2D eigenvalue weighted by Crippen LogP contribution is 2.19. The molecule has 0 fully saturated rings. The van der Waals surface area contributed by atoms with Crippen LogP contribution in [0, 0.1) is 0 Å². The van der Waals surface area contributed by atoms with Crippen molar-refractivity contribution in [2.45, 2.75) is 33.1 Å². The Bertz CT molecular complexity index is 403. The number of para-hydroxylation sites is 1. The fourth-order valence-electron chi connectivity index (χ4n) is 2.17. The van der Waals surface area contributed by atoms with Gasteiger partial charge in [-0.1, -0.05) is 18.2 Å². The third-order valence-corrected chi connectivity index (χ3v) is 3.39. The third-order valence-electron chi connectivity index (χ3n) is 3.39. The van der Waals surface area contributed by atoms with E-state index in [-0.39, 0.29) is 6.03 Å². The molecule has 0 aromatic heterocycles. The third kappa shape index (κ3) is 5.11. The summed E-state index contributed by atoms with van der Waals surface area (Å²) in [5.74, 6) is 0.944. The Balaban J connectivity index is 2.24. The predicted molar refractivity (Wildman–Crippen MR) is 82.3 cm³/mol. The zero-order valence-corrected chi connectivity index (χ0v) is 12.8. The summed E-state index contributed by atoms with van der Waals surface area (Å²) < 4.78 is 5.32. The number of amides is 2. The van der Waals surface area contributed by atoms with Crippen LogP contribution in [0.5, 0.6) is 5.75 Å². The van der Waals surface area contributed by atoms with E-state index in [0.717, 1.165) is 44.6 Å². The van der Waals surface area contributed by atoms with Gasteiger partial charge >= 0.3 is 6.03 Å². The van der Waals surface area contributed by atoms with Crippen LogP contribution in [0.1, 0.15) is 32.3 Å². The van der Waals surface area contributed by atoms with E-state index in [1.165, 1.54) is 5.56 Å². The molecule has 1 rings (SSSR count). The van der Waals surface area contributed by atoms with Crippen molar-refractivity contribution in [1.29, 1.82) is 0 Å². The minimum Gasteiger partial charge on any atom is -0.496 e. The molecule has 0 spiro atoms. The molecule has 0 saturated heterocycles. The average molecular weight is 278 g/mol. The molecule has 1 N–H and O–H groups in total. The van der Waals surface area contributed by atoms with Gasteiger partial charge in [0.05, 0.1) is 7.11 Å². The fraction of sp³-hybridized carbons (Fsp3) is 0.562. The first-order chi connectivity index (χ1) is 9.72. The van der Waals surface area contributed by atoms with Crippen LogP contribution < -0.4 is 10.1 Å². The molecule has 0 aliphatic carbocycles. The number of hydrogen-bond acceptors (Lipinski definition) is 2. The maximum absolute atomic E-state index is 11.7. The molecule has 0 radical (unpaired) electrons. The Morgan fingerprint density at radius 2 is 1.90 bits per heavy atom. The van der Waals surface area contributed by atoms with E-state index in [0.29, 0.717) is 0 Å². The lowest BCUT2D eigenvalue weighted by Crippen LogP contribution is -2.40. The molecule has 4 nitrogen and oxygen atoms in total. The topological polar surface area (TPSA) is 41.6 Å². The summed E-state index contributed by atoms with van der Waals surface area (Å²) in [4.78, 5) is 13.5. The summed E-state index contributed by atoms with van der Waals surface area (Å²) in [6.45, 7) is 6.22. The smallest absolute Gasteiger partial charge is 0.317 e. The molecule has 0 bridgehead atoms. The molecule has 0 unspecified atom stereocenters. The van der Waals surface area contributed by atoms with Gasteiger partial charge in [-0.3, -0.25) is 0 Å². The molecule has 1 aromatic rings. The maximum Gasteiger partial charge on any atom is 0.317 e. The lowest BCUT2D eigenvalue weighted by atomic mass is 10.1. The van der Waals surface area contributed by atoms with Crippen LogP contribution in [-0.4, -0.2) is 37.7 Å². The second-order valence-corrected chi connectivity index (χ2v) is 4.67. The highest BCUT2D eigenvalue weighted by atomic mass is 16.5. The van der Waals surface area contributed by atoms with Crippen molar-refractivity contribution in [2.75, 3.05) is 26.7 Å². The SMILES string of the molecule is CCN(CC)C(=O)NCCCCc1ccccc1OC. The van der Waals surface area contributed by atoms with Gasteiger partial charge in [-0.25, -0.2) is 4.79 Å². The summed E-state index contributed by atoms with van der Waals surface area (Å²) in [5.41, 5.74) is 1.23. The molecule has 2 amide bonds. The zero-order valence-electron chi connectivity index (χ0n) is 12.8. The van der Waals surface area contributed by atoms with Crippen molar-refractivity contribution in [3.8, 4) is 5.75 Å². The van der Waals surface area contributed by atoms with Gasteiger partial charge in [0.15, 0.2) is 0 Å². The number of urea groups is 1. The van der Waals surface area contributed by atoms with Crippen molar-refractivity contribution in [3.63, 3.8) is 0 Å². The molecule has 0 aliphatic rings. The summed E-state index contributed by atoms with van der Waals surface area (Å²) in [5, 5.41) is 2.96. The molecule has 0 atom stereocenters. The number of carbonyl (C=O) groups excluding carboxylic acids is 1. The lowest BCUT2D eigenvalue weighted by Gasteiger charge is -2.19. The zero-order chi connectivity index (χ0) is 14.8. The van der Waals surface area contributed by atoms with Crippen LogP contribution in [0.4, 0.5) is 4.79 Å². The predicted octanol–water partition coefficient (Wildman–Crippen LogP) is 3.07. The summed E-state index contributed by atoms with van der Waals surface area (Å²) in [7, 11) is 1.70. The number of hydrogen-bond donors (Lipinski definition) is 1. The molecule has 20 heavy (non-hydrogen) atoms. The van der Waals surface area contributed by atoms with E-state index in [2.05, 4.69) is 11.4 Å². The molecule has 0 heterocycles. The van der Waals surface area contributed by atoms with Gasteiger partial charge in [-0.2, -0.15) is 0 Å². The van der Waals surface area contributed by atoms with Gasteiger partial charge in [0.2, 0.25) is 0 Å². The number of nitrogens with one attached hydrogen (secondary N) is 1. The first kappa shape index (κ1) is 16.3. The minimum absolute atomic E-state index is 0.0345. The number of unbranched alkanes of at least 4 members (excludes halogenated alkanes) is 1. The van der Waals surface area contributed by atoms with E-state index in [9.17, 15) is 4.79 Å². The first-order valence-electron chi connectivity index (χ1n) is 7.37. The summed E-state index contributed by atoms with van der Waals surface area (Å²) in [6.07, 6.45) is 3.00. The van der Waals surface area contributed by atoms with Gasteiger partial charge in [0.1, 0.15) is 5.75 Å². The highest BCUT2D eigenvalue weighted by molar-refractivity contribution is 5.73. The molecule has 0 aliphatic heterocycles. The van der Waals surface area contributed by atoms with E-state index >= 15 is 0 Å². The van der Waals surface area contributed by atoms with Crippen LogP contribution >= 0.6 is 0 Å². The number of nitrogens with zero attached hydrogens (tertiary/aromatic N) is 1. The number of rotatable bonds is 8. The van der Waals surface area contributed by atoms with Crippen LogP contribution in [0.3, 0.4) is 0 Å². The number of methoxy groups -OCH3 is 1. The quantitative estimate of drug-likeness (QED) is 0.743. The van der Waals surface area contributed by atoms with Crippen molar-refractivity contribution >= 4 is 6.03 Å². The molecule has 112 valence electrons. The van der Waals surface area contributed by atoms with E-state index in [1.54, 1.807) is 12.0 Å². The fourth-order valence-corrected chi connectivity index (χ4v) is 2.17. The number of aryl methyl sites for hydroxylation is 1. The molecule has 1 aromatic carbocycles. The van der Waals surface area contributed by atoms with E-state index in [1.807, 2.05) is 32.0 Å². The van der Waals surface area contributed by atoms with Crippen LogP contribution in [-0.2, 0) is 6.42 Å². The lowest BCUT2D eigenvalue weighted by molar-refractivity contribution is 0.203. The number of ether oxygens (including phenoxy) is 1. The van der Waals surface area contributed by atoms with Gasteiger partial charge in [-0.05, 0) is 44.7 Å². The van der Waals surface area contributed by atoms with Crippen molar-refractivity contribution in [3.05, 3.63) is 29.8 Å². The van der Waals surface area contributed by atoms with E-state index < -0.39 is 0 Å². The highest BCUT2D eigenvalue weighted by Gasteiger charge is 2.07. The van der Waals surface area contributed by atoms with Crippen molar-refractivity contribution in [2.24, 2.45) is 0 Å². The Morgan fingerprint density at radius 3 is 2.55 bits per heavy atom. The molecular weight excluding hydrogens is 252 g/mol. The monoisotopic (exact) mass is 278 g/mol. The number of benzene rings is 1. The Hall–Kier alpha value is -1.71. The molecular formula is C16H26N2O2. The maximum atomic E-state index is 11.7. The van der Waals surface area contributed by atoms with E-state index in [4.69, 9.17) is 4.74 Å². The molecule has 0 saturated carbocycles. The summed E-state index contributed by atoms with van der Waals surface area (Å²) >= 11 is 0. The van der Waals surface area contributed by atoms with Gasteiger partial charge in [0.25, 0.3) is 0 Å². The Morgan fingerprint density at radius 1 is 1.20 bits per heavy atom. The molecule has 4 heteroatoms. The van der Waals surface area contributed by atoms with Gasteiger partial charge in [0, 0.05) is 19.6 Å². The second-order valence-electron chi connectivity index (χ2n) is 4.67. The first-order valence-corrected chi connectivity index (χ1v) is 7.37. The Labute approximate surface area is 122 Å². The summed E-state index contributed by atoms with van der Waals surface area (Å²) in [6, 6.07) is 8.12. The van der Waals surface area contributed by atoms with Crippen LogP contribution in [0.25, 0.3) is 0 Å². The standard InChI is InChI=1S/C16H26N2O2/c1-4-18(5-2)16(19)17-13-9-8-11-14-10-6-7-12-15(14)20-3/h6-7,10,12H,4-5,8-9,11,13H2,1-3H3,(H,17,19). The van der Waals surface area contributed by atoms with Crippen LogP contribution in [0.2, 0.25) is 0 Å². The number of carbonyl (C=O) groups is 1. The van der Waals surface area contributed by atoms with Gasteiger partial charge < -0.3 is 15.0 Å². The Kier molecular flexibility index (Phi) is 7.55. The minimum atomic E-state index is 0.0345. The normalized spacial score (nSPS) is 10.2. The second kappa shape index (κ2) is 9.23. The van der Waals surface area contributed by atoms with Crippen LogP contribution in [0.15, 0.2) is 24.3 Å². The van der Waals surface area contributed by atoms with Crippen molar-refractivity contribution < 1.29 is 9.53 Å². The van der Waals surface area contributed by atoms with Crippen molar-refractivity contribution in [1.82, 2.24) is 10.2 Å².